The van der Waals surface area contributed by atoms with Crippen molar-refractivity contribution in [2.75, 3.05) is 0 Å². The second-order valence-electron chi connectivity index (χ2n) is 6.35. The van der Waals surface area contributed by atoms with E-state index in [0.29, 0.717) is 17.9 Å². The third-order valence-corrected chi connectivity index (χ3v) is 4.59. The second-order valence-corrected chi connectivity index (χ2v) is 6.79. The van der Waals surface area contributed by atoms with Crippen molar-refractivity contribution < 1.29 is 24.9 Å². The molecule has 0 unspecified atom stereocenters. The van der Waals surface area contributed by atoms with E-state index >= 15 is 0 Å². The first-order valence-electron chi connectivity index (χ1n) is 8.33. The van der Waals surface area contributed by atoms with Crippen molar-refractivity contribution in [1.82, 2.24) is 0 Å². The van der Waals surface area contributed by atoms with Gasteiger partial charge in [0.05, 0.1) is 11.8 Å². The Balaban J connectivity index is 2.01. The van der Waals surface area contributed by atoms with Gasteiger partial charge in [-0.05, 0) is 61.1 Å². The van der Waals surface area contributed by atoms with Crippen LogP contribution in [0.25, 0.3) is 0 Å². The lowest BCUT2D eigenvalue weighted by atomic mass is 9.88. The second kappa shape index (κ2) is 9.25. The molecule has 0 saturated heterocycles. The highest BCUT2D eigenvalue weighted by Crippen LogP contribution is 2.23. The van der Waals surface area contributed by atoms with E-state index in [1.807, 2.05) is 6.07 Å². The van der Waals surface area contributed by atoms with Crippen LogP contribution in [0, 0.1) is 11.8 Å². The van der Waals surface area contributed by atoms with E-state index in [-0.39, 0.29) is 18.6 Å². The molecule has 0 aliphatic rings. The van der Waals surface area contributed by atoms with Gasteiger partial charge in [0.1, 0.15) is 5.75 Å². The van der Waals surface area contributed by atoms with Gasteiger partial charge in [-0.1, -0.05) is 35.9 Å². The Hall–Kier alpha value is -2.53. The lowest BCUT2D eigenvalue weighted by molar-refractivity contribution is -0.145. The van der Waals surface area contributed by atoms with E-state index in [9.17, 15) is 24.9 Å². The van der Waals surface area contributed by atoms with Crippen molar-refractivity contribution in [2.24, 2.45) is 11.8 Å². The Labute approximate surface area is 156 Å². The Kier molecular flexibility index (Phi) is 7.04. The molecule has 0 spiro atoms. The number of halogens is 1. The lowest BCUT2D eigenvalue weighted by Gasteiger charge is -2.17. The first-order valence-corrected chi connectivity index (χ1v) is 8.71. The van der Waals surface area contributed by atoms with Gasteiger partial charge in [0.25, 0.3) is 0 Å². The smallest absolute Gasteiger partial charge is 0.306 e. The van der Waals surface area contributed by atoms with E-state index in [2.05, 4.69) is 0 Å². The average Bonchev–Trinajstić information content (AvgIpc) is 2.58. The molecule has 2 aromatic carbocycles. The average molecular weight is 377 g/mol. The third-order valence-electron chi connectivity index (χ3n) is 4.35. The molecule has 0 fully saturated rings. The number of aliphatic carboxylic acids is 2. The van der Waals surface area contributed by atoms with E-state index in [1.165, 1.54) is 12.1 Å². The van der Waals surface area contributed by atoms with E-state index in [1.54, 1.807) is 30.3 Å². The fourth-order valence-corrected chi connectivity index (χ4v) is 3.11. The van der Waals surface area contributed by atoms with E-state index in [4.69, 9.17) is 11.6 Å². The minimum absolute atomic E-state index is 0.119. The first kappa shape index (κ1) is 19.8. The highest BCUT2D eigenvalue weighted by molar-refractivity contribution is 6.30. The summed E-state index contributed by atoms with van der Waals surface area (Å²) >= 11 is 5.94. The quantitative estimate of drug-likeness (QED) is 0.614. The maximum atomic E-state index is 11.6. The zero-order valence-corrected chi connectivity index (χ0v) is 14.9. The van der Waals surface area contributed by atoms with Crippen LogP contribution in [0.15, 0.2) is 48.5 Å². The number of carboxylic acid groups (broad SMARTS) is 2. The van der Waals surface area contributed by atoms with Gasteiger partial charge in [0.2, 0.25) is 0 Å². The molecule has 2 aromatic rings. The molecule has 0 heterocycles. The maximum Gasteiger partial charge on any atom is 0.306 e. The van der Waals surface area contributed by atoms with Gasteiger partial charge < -0.3 is 15.3 Å². The molecule has 0 aliphatic carbocycles. The number of hydrogen-bond acceptors (Lipinski definition) is 3. The van der Waals surface area contributed by atoms with Crippen LogP contribution in [-0.2, 0) is 22.4 Å². The van der Waals surface area contributed by atoms with Crippen LogP contribution in [0.5, 0.6) is 5.75 Å². The Morgan fingerprint density at radius 1 is 0.846 bits per heavy atom. The Morgan fingerprint density at radius 3 is 1.88 bits per heavy atom. The Bertz CT molecular complexity index is 757. The normalized spacial score (nSPS) is 13.1. The van der Waals surface area contributed by atoms with Crippen molar-refractivity contribution in [2.45, 2.75) is 25.7 Å². The fraction of sp³-hybridized carbons (Fsp3) is 0.300. The summed E-state index contributed by atoms with van der Waals surface area (Å²) in [7, 11) is 0. The number of aromatic hydroxyl groups is 1. The zero-order valence-electron chi connectivity index (χ0n) is 14.1. The molecule has 0 bridgehead atoms. The molecule has 26 heavy (non-hydrogen) atoms. The van der Waals surface area contributed by atoms with Gasteiger partial charge in [-0.3, -0.25) is 9.59 Å². The van der Waals surface area contributed by atoms with Gasteiger partial charge in [0.15, 0.2) is 0 Å². The predicted octanol–water partition coefficient (Wildman–Crippen LogP) is 4.01. The molecular weight excluding hydrogens is 356 g/mol. The van der Waals surface area contributed by atoms with Gasteiger partial charge >= 0.3 is 11.9 Å². The summed E-state index contributed by atoms with van der Waals surface area (Å²) in [4.78, 5) is 23.1. The van der Waals surface area contributed by atoms with Gasteiger partial charge in [0, 0.05) is 5.02 Å². The molecule has 0 saturated carbocycles. The summed E-state index contributed by atoms with van der Waals surface area (Å²) in [6.07, 6.45) is 1.12. The number of phenols is 1. The number of benzene rings is 2. The minimum Gasteiger partial charge on any atom is -0.508 e. The fourth-order valence-electron chi connectivity index (χ4n) is 2.89. The first-order chi connectivity index (χ1) is 12.3. The molecule has 3 N–H and O–H groups in total. The zero-order chi connectivity index (χ0) is 19.1. The SMILES string of the molecule is O=C(O)[C@H](CC[C@H](Cc1cccc(Cl)c1)C(=O)O)Cc1ccc(O)cc1. The maximum absolute atomic E-state index is 11.6. The van der Waals surface area contributed by atoms with E-state index in [0.717, 1.165) is 11.1 Å². The van der Waals surface area contributed by atoms with Crippen LogP contribution in [0.1, 0.15) is 24.0 Å². The Morgan fingerprint density at radius 2 is 1.38 bits per heavy atom. The molecular formula is C20H21ClO5. The molecule has 2 atom stereocenters. The number of phenolic OH excluding ortho intramolecular Hbond substituents is 1. The third kappa shape index (κ3) is 6.08. The number of carbonyl (C=O) groups is 2. The molecule has 0 radical (unpaired) electrons. The molecule has 0 amide bonds. The van der Waals surface area contributed by atoms with Crippen LogP contribution in [0.3, 0.4) is 0 Å². The summed E-state index contributed by atoms with van der Waals surface area (Å²) in [5, 5.41) is 28.8. The molecule has 138 valence electrons. The highest BCUT2D eigenvalue weighted by Gasteiger charge is 2.24. The summed E-state index contributed by atoms with van der Waals surface area (Å²) in [6, 6.07) is 13.4. The molecule has 2 rings (SSSR count). The van der Waals surface area contributed by atoms with Crippen molar-refractivity contribution >= 4 is 23.5 Å². The number of carboxylic acids is 2. The van der Waals surface area contributed by atoms with E-state index < -0.39 is 23.8 Å². The highest BCUT2D eigenvalue weighted by atomic mass is 35.5. The summed E-state index contributed by atoms with van der Waals surface area (Å²) in [6.45, 7) is 0. The van der Waals surface area contributed by atoms with Gasteiger partial charge in [-0.2, -0.15) is 0 Å². The van der Waals surface area contributed by atoms with Crippen molar-refractivity contribution in [3.05, 3.63) is 64.7 Å². The van der Waals surface area contributed by atoms with Crippen LogP contribution < -0.4 is 0 Å². The van der Waals surface area contributed by atoms with Crippen molar-refractivity contribution in [3.63, 3.8) is 0 Å². The lowest BCUT2D eigenvalue weighted by Crippen LogP contribution is -2.22. The molecule has 6 heteroatoms. The summed E-state index contributed by atoms with van der Waals surface area (Å²) < 4.78 is 0. The van der Waals surface area contributed by atoms with Crippen LogP contribution in [0.4, 0.5) is 0 Å². The number of rotatable bonds is 9. The van der Waals surface area contributed by atoms with Gasteiger partial charge in [-0.25, -0.2) is 0 Å². The monoisotopic (exact) mass is 376 g/mol. The topological polar surface area (TPSA) is 94.8 Å². The van der Waals surface area contributed by atoms with Crippen molar-refractivity contribution in [3.8, 4) is 5.75 Å². The standard InChI is InChI=1S/C20H21ClO5/c21-17-3-1-2-14(12-17)11-16(20(25)26)7-6-15(19(23)24)10-13-4-8-18(22)9-5-13/h1-5,8-9,12,15-16,22H,6-7,10-11H2,(H,23,24)(H,25,26)/t15-,16-/m1/s1. The summed E-state index contributed by atoms with van der Waals surface area (Å²) in [5.41, 5.74) is 1.60. The predicted molar refractivity (Wildman–Crippen MR) is 98.5 cm³/mol. The number of hydrogen-bond donors (Lipinski definition) is 3. The largest absolute Gasteiger partial charge is 0.508 e. The molecule has 0 aliphatic heterocycles. The van der Waals surface area contributed by atoms with Crippen LogP contribution in [0.2, 0.25) is 5.02 Å². The van der Waals surface area contributed by atoms with Crippen LogP contribution in [-0.4, -0.2) is 27.3 Å². The molecule has 5 nitrogen and oxygen atoms in total. The minimum atomic E-state index is -0.954. The molecule has 0 aromatic heterocycles. The van der Waals surface area contributed by atoms with Crippen LogP contribution >= 0.6 is 11.6 Å². The summed E-state index contributed by atoms with van der Waals surface area (Å²) in [5.74, 6) is -3.13. The van der Waals surface area contributed by atoms with Gasteiger partial charge in [-0.15, -0.1) is 0 Å². The van der Waals surface area contributed by atoms with Crippen molar-refractivity contribution in [1.29, 1.82) is 0 Å².